The number of nitrogens with zero attached hydrogens (tertiary/aromatic N) is 4. The van der Waals surface area contributed by atoms with E-state index in [0.717, 1.165) is 11.2 Å². The Bertz CT molecular complexity index is 778. The Morgan fingerprint density at radius 3 is 2.80 bits per heavy atom. The van der Waals surface area contributed by atoms with E-state index >= 15 is 0 Å². The molecule has 0 saturated carbocycles. The van der Waals surface area contributed by atoms with Gasteiger partial charge < -0.3 is 4.57 Å². The molecule has 0 saturated heterocycles. The molecule has 2 heterocycles. The van der Waals surface area contributed by atoms with Crippen LogP contribution >= 0.6 is 23.2 Å². The lowest BCUT2D eigenvalue weighted by Crippen LogP contribution is -2.08. The second-order valence-corrected chi connectivity index (χ2v) is 5.12. The van der Waals surface area contributed by atoms with E-state index in [0.29, 0.717) is 17.9 Å². The van der Waals surface area contributed by atoms with Gasteiger partial charge in [-0.25, -0.2) is 9.37 Å². The van der Waals surface area contributed by atoms with Gasteiger partial charge in [0.2, 0.25) is 0 Å². The van der Waals surface area contributed by atoms with Gasteiger partial charge in [0.05, 0.1) is 34.2 Å². The van der Waals surface area contributed by atoms with Crippen LogP contribution in [0.4, 0.5) is 4.39 Å². The summed E-state index contributed by atoms with van der Waals surface area (Å²) in [5, 5.41) is 4.20. The number of hydrogen-bond acceptors (Lipinski definition) is 2. The van der Waals surface area contributed by atoms with Gasteiger partial charge in [0.1, 0.15) is 11.6 Å². The summed E-state index contributed by atoms with van der Waals surface area (Å²) >= 11 is 11.8. The fourth-order valence-corrected chi connectivity index (χ4v) is 2.53. The molecule has 0 spiro atoms. The third-order valence-corrected chi connectivity index (χ3v) is 3.76. The zero-order valence-corrected chi connectivity index (χ0v) is 12.2. The maximum absolute atomic E-state index is 13.5. The normalized spacial score (nSPS) is 11.4. The molecule has 4 nitrogen and oxygen atoms in total. The van der Waals surface area contributed by atoms with Crippen molar-refractivity contribution in [3.63, 3.8) is 0 Å². The molecule has 1 aromatic carbocycles. The van der Waals surface area contributed by atoms with Crippen LogP contribution in [0.1, 0.15) is 11.5 Å². The summed E-state index contributed by atoms with van der Waals surface area (Å²) in [6.07, 6.45) is 1.72. The lowest BCUT2D eigenvalue weighted by Gasteiger charge is -2.08. The van der Waals surface area contributed by atoms with E-state index in [9.17, 15) is 4.39 Å². The van der Waals surface area contributed by atoms with Gasteiger partial charge in [-0.2, -0.15) is 5.10 Å². The maximum atomic E-state index is 13.5. The molecule has 104 valence electrons. The van der Waals surface area contributed by atoms with E-state index in [1.54, 1.807) is 16.9 Å². The van der Waals surface area contributed by atoms with Crippen molar-refractivity contribution in [2.75, 3.05) is 0 Å². The van der Waals surface area contributed by atoms with Gasteiger partial charge in [0.15, 0.2) is 0 Å². The van der Waals surface area contributed by atoms with E-state index < -0.39 is 5.82 Å². The summed E-state index contributed by atoms with van der Waals surface area (Å²) in [7, 11) is 1.86. The largest absolute Gasteiger partial charge is 0.321 e. The summed E-state index contributed by atoms with van der Waals surface area (Å²) in [6, 6.07) is 4.81. The number of aryl methyl sites for hydroxylation is 1. The average molecular weight is 313 g/mol. The third kappa shape index (κ3) is 2.17. The highest BCUT2D eigenvalue weighted by Crippen LogP contribution is 2.25. The van der Waals surface area contributed by atoms with Crippen LogP contribution in [-0.4, -0.2) is 19.3 Å². The molecule has 0 bridgehead atoms. The number of aromatic nitrogens is 4. The number of imidazole rings is 1. The van der Waals surface area contributed by atoms with Gasteiger partial charge in [0, 0.05) is 19.3 Å². The number of halogens is 3. The molecule has 0 aliphatic carbocycles. The minimum Gasteiger partial charge on any atom is -0.321 e. The van der Waals surface area contributed by atoms with E-state index in [2.05, 4.69) is 10.1 Å². The quantitative estimate of drug-likeness (QED) is 0.695. The van der Waals surface area contributed by atoms with E-state index in [4.69, 9.17) is 23.2 Å². The maximum Gasteiger partial charge on any atom is 0.144 e. The van der Waals surface area contributed by atoms with Crippen LogP contribution in [-0.2, 0) is 19.5 Å². The molecule has 7 heteroatoms. The Morgan fingerprint density at radius 1 is 1.35 bits per heavy atom. The van der Waals surface area contributed by atoms with Gasteiger partial charge in [-0.1, -0.05) is 11.6 Å². The van der Waals surface area contributed by atoms with Crippen LogP contribution in [0.2, 0.25) is 5.02 Å². The minimum atomic E-state index is -0.481. The molecule has 0 amide bonds. The zero-order valence-electron chi connectivity index (χ0n) is 10.6. The Balaban J connectivity index is 2.17. The summed E-state index contributed by atoms with van der Waals surface area (Å²) in [4.78, 5) is 4.35. The Hall–Kier alpha value is -1.59. The Morgan fingerprint density at radius 2 is 2.15 bits per heavy atom. The molecule has 0 atom stereocenters. The summed E-state index contributed by atoms with van der Waals surface area (Å²) in [5.41, 5.74) is 2.30. The lowest BCUT2D eigenvalue weighted by molar-refractivity contribution is 0.629. The molecule has 0 aliphatic heterocycles. The predicted octanol–water partition coefficient (Wildman–Crippen LogP) is 3.35. The van der Waals surface area contributed by atoms with Crippen LogP contribution in [0.15, 0.2) is 24.4 Å². The van der Waals surface area contributed by atoms with Gasteiger partial charge in [0.25, 0.3) is 0 Å². The van der Waals surface area contributed by atoms with E-state index in [1.807, 2.05) is 17.7 Å². The minimum absolute atomic E-state index is 0.0739. The molecule has 3 aromatic rings. The van der Waals surface area contributed by atoms with Crippen molar-refractivity contribution in [1.29, 1.82) is 0 Å². The van der Waals surface area contributed by atoms with Crippen molar-refractivity contribution < 1.29 is 4.39 Å². The third-order valence-electron chi connectivity index (χ3n) is 3.23. The molecule has 0 unspecified atom stereocenters. The average Bonchev–Trinajstić information content (AvgIpc) is 2.96. The van der Waals surface area contributed by atoms with Gasteiger partial charge >= 0.3 is 0 Å². The highest BCUT2D eigenvalue weighted by atomic mass is 35.5. The molecular formula is C13H11Cl2FN4. The van der Waals surface area contributed by atoms with Crippen LogP contribution in [0, 0.1) is 5.82 Å². The first-order valence-electron chi connectivity index (χ1n) is 5.97. The van der Waals surface area contributed by atoms with Crippen molar-refractivity contribution >= 4 is 34.2 Å². The first kappa shape index (κ1) is 13.4. The van der Waals surface area contributed by atoms with Gasteiger partial charge in [-0.3, -0.25) is 4.68 Å². The summed E-state index contributed by atoms with van der Waals surface area (Å²) in [5.74, 6) is 0.432. The molecule has 0 radical (unpaired) electrons. The second-order valence-electron chi connectivity index (χ2n) is 4.45. The summed E-state index contributed by atoms with van der Waals surface area (Å²) in [6.45, 7) is 0.553. The smallest absolute Gasteiger partial charge is 0.144 e. The Labute approximate surface area is 124 Å². The van der Waals surface area contributed by atoms with Crippen molar-refractivity contribution in [1.82, 2.24) is 19.3 Å². The number of benzene rings is 1. The molecule has 0 aliphatic rings. The van der Waals surface area contributed by atoms with Crippen LogP contribution in [0.25, 0.3) is 11.0 Å². The highest BCUT2D eigenvalue weighted by molar-refractivity contribution is 6.31. The SMILES string of the molecule is Cn1nccc1Cn1c(CCl)nc2cc(F)c(Cl)cc21. The topological polar surface area (TPSA) is 35.6 Å². The molecule has 2 aromatic heterocycles. The molecule has 20 heavy (non-hydrogen) atoms. The van der Waals surface area contributed by atoms with Crippen molar-refractivity contribution in [2.45, 2.75) is 12.4 Å². The first-order valence-corrected chi connectivity index (χ1v) is 6.88. The fraction of sp³-hybridized carbons (Fsp3) is 0.231. The highest BCUT2D eigenvalue weighted by Gasteiger charge is 2.14. The van der Waals surface area contributed by atoms with Crippen molar-refractivity contribution in [2.24, 2.45) is 7.05 Å². The van der Waals surface area contributed by atoms with E-state index in [1.165, 1.54) is 6.07 Å². The number of hydrogen-bond donors (Lipinski definition) is 0. The van der Waals surface area contributed by atoms with Crippen LogP contribution in [0.5, 0.6) is 0 Å². The molecule has 3 rings (SSSR count). The first-order chi connectivity index (χ1) is 9.60. The number of rotatable bonds is 3. The van der Waals surface area contributed by atoms with E-state index in [-0.39, 0.29) is 10.9 Å². The molecule has 0 N–H and O–H groups in total. The van der Waals surface area contributed by atoms with Crippen LogP contribution in [0.3, 0.4) is 0 Å². The Kier molecular flexibility index (Phi) is 3.40. The zero-order chi connectivity index (χ0) is 14.3. The van der Waals surface area contributed by atoms with Crippen LogP contribution < -0.4 is 0 Å². The summed E-state index contributed by atoms with van der Waals surface area (Å²) < 4.78 is 17.2. The van der Waals surface area contributed by atoms with Crippen molar-refractivity contribution in [3.8, 4) is 0 Å². The standard InChI is InChI=1S/C13H11Cl2FN4/c1-19-8(2-3-17-19)7-20-12-4-9(15)10(16)5-11(12)18-13(20)6-14/h2-5H,6-7H2,1H3. The van der Waals surface area contributed by atoms with Crippen molar-refractivity contribution in [3.05, 3.63) is 46.8 Å². The fourth-order valence-electron chi connectivity index (χ4n) is 2.17. The predicted molar refractivity (Wildman–Crippen MR) is 76.6 cm³/mol. The number of alkyl halides is 1. The second kappa shape index (κ2) is 5.07. The van der Waals surface area contributed by atoms with Gasteiger partial charge in [-0.05, 0) is 12.1 Å². The lowest BCUT2D eigenvalue weighted by atomic mass is 10.3. The number of fused-ring (bicyclic) bond motifs is 1. The van der Waals surface area contributed by atoms with Gasteiger partial charge in [-0.15, -0.1) is 11.6 Å². The monoisotopic (exact) mass is 312 g/mol. The molecular weight excluding hydrogens is 302 g/mol. The molecule has 0 fully saturated rings.